The molecular formula is C13H18F2O5S. The molecule has 0 atom stereocenters. The van der Waals surface area contributed by atoms with Crippen molar-refractivity contribution in [3.63, 3.8) is 0 Å². The highest BCUT2D eigenvalue weighted by Gasteiger charge is 2.60. The number of esters is 1. The predicted molar refractivity (Wildman–Crippen MR) is 67.9 cm³/mol. The maximum atomic E-state index is 13.7. The Morgan fingerprint density at radius 1 is 1.10 bits per heavy atom. The number of carbonyl (C=O) groups is 1. The summed E-state index contributed by atoms with van der Waals surface area (Å²) >= 11 is 0. The third kappa shape index (κ3) is 2.36. The van der Waals surface area contributed by atoms with Gasteiger partial charge in [0, 0.05) is 0 Å². The van der Waals surface area contributed by atoms with Crippen LogP contribution < -0.4 is 0 Å². The number of rotatable bonds is 4. The molecule has 0 saturated heterocycles. The summed E-state index contributed by atoms with van der Waals surface area (Å²) in [6.07, 6.45) is 4.87. The molecule has 4 aliphatic rings. The molecule has 120 valence electrons. The zero-order valence-corrected chi connectivity index (χ0v) is 12.5. The molecule has 0 unspecified atom stereocenters. The van der Waals surface area contributed by atoms with E-state index in [4.69, 9.17) is 4.74 Å². The Hall–Kier alpha value is -0.760. The van der Waals surface area contributed by atoms with Crippen LogP contribution in [0.15, 0.2) is 0 Å². The molecule has 0 N–H and O–H groups in total. The quantitative estimate of drug-likeness (QED) is 0.585. The second-order valence-corrected chi connectivity index (χ2v) is 8.38. The lowest BCUT2D eigenvalue weighted by Crippen LogP contribution is -2.55. The summed E-state index contributed by atoms with van der Waals surface area (Å²) in [6, 6.07) is 0. The average Bonchev–Trinajstić information content (AvgIpc) is 2.36. The Bertz CT molecular complexity index is 522. The largest absolute Gasteiger partial charge is 0.466 e. The third-order valence-corrected chi connectivity index (χ3v) is 6.30. The third-order valence-electron chi connectivity index (χ3n) is 5.06. The van der Waals surface area contributed by atoms with Crippen LogP contribution in [0.5, 0.6) is 0 Å². The van der Waals surface area contributed by atoms with Crippen molar-refractivity contribution in [2.75, 3.05) is 7.11 Å². The smallest absolute Gasteiger partial charge is 0.454 e. The monoisotopic (exact) mass is 324 g/mol. The lowest BCUT2D eigenvalue weighted by molar-refractivity contribution is -0.201. The summed E-state index contributed by atoms with van der Waals surface area (Å²) < 4.78 is 58.6. The van der Waals surface area contributed by atoms with Gasteiger partial charge >= 0.3 is 21.3 Å². The van der Waals surface area contributed by atoms with Crippen LogP contribution in [-0.2, 0) is 23.8 Å². The van der Waals surface area contributed by atoms with Crippen molar-refractivity contribution in [1.29, 1.82) is 0 Å². The molecule has 0 aromatic carbocycles. The lowest BCUT2D eigenvalue weighted by Gasteiger charge is -2.55. The highest BCUT2D eigenvalue weighted by Crippen LogP contribution is 2.57. The van der Waals surface area contributed by atoms with E-state index >= 15 is 0 Å². The van der Waals surface area contributed by atoms with Crippen molar-refractivity contribution in [2.24, 2.45) is 17.8 Å². The molecule has 21 heavy (non-hydrogen) atoms. The van der Waals surface area contributed by atoms with E-state index in [2.05, 4.69) is 4.18 Å². The highest BCUT2D eigenvalue weighted by atomic mass is 32.2. The molecule has 8 heteroatoms. The van der Waals surface area contributed by atoms with Gasteiger partial charge in [0.2, 0.25) is 0 Å². The summed E-state index contributed by atoms with van der Waals surface area (Å²) in [5.41, 5.74) is -0.904. The Morgan fingerprint density at radius 3 is 1.90 bits per heavy atom. The van der Waals surface area contributed by atoms with Gasteiger partial charge in [-0.3, -0.25) is 4.18 Å². The van der Waals surface area contributed by atoms with Gasteiger partial charge in [-0.1, -0.05) is 0 Å². The van der Waals surface area contributed by atoms with Crippen LogP contribution in [0, 0.1) is 17.8 Å². The average molecular weight is 324 g/mol. The second-order valence-electron chi connectivity index (χ2n) is 6.63. The molecule has 0 aliphatic heterocycles. The standard InChI is InChI=1S/C13H18F2O5S/c1-19-21(17,18)13(14,15)11(16)20-12-5-8-2-9(6-12)4-10(3-8)7-12/h8-10H,2-7H2,1H3. The number of hydrogen-bond donors (Lipinski definition) is 0. The molecule has 0 amide bonds. The molecule has 0 spiro atoms. The minimum atomic E-state index is -5.29. The summed E-state index contributed by atoms with van der Waals surface area (Å²) in [6.45, 7) is 0. The van der Waals surface area contributed by atoms with Gasteiger partial charge in [-0.25, -0.2) is 4.79 Å². The number of alkyl halides is 2. The molecule has 0 aromatic heterocycles. The maximum absolute atomic E-state index is 13.7. The van der Waals surface area contributed by atoms with E-state index in [1.165, 1.54) is 0 Å². The zero-order valence-electron chi connectivity index (χ0n) is 11.7. The highest BCUT2D eigenvalue weighted by molar-refractivity contribution is 7.88. The minimum Gasteiger partial charge on any atom is -0.454 e. The number of ether oxygens (including phenoxy) is 1. The molecule has 4 aliphatic carbocycles. The van der Waals surface area contributed by atoms with Gasteiger partial charge < -0.3 is 4.74 Å². The molecule has 0 radical (unpaired) electrons. The van der Waals surface area contributed by atoms with Crippen LogP contribution in [0.1, 0.15) is 38.5 Å². The lowest BCUT2D eigenvalue weighted by atomic mass is 9.54. The minimum absolute atomic E-state index is 0.400. The van der Waals surface area contributed by atoms with E-state index in [0.717, 1.165) is 19.3 Å². The SMILES string of the molecule is COS(=O)(=O)C(F)(F)C(=O)OC12CC3CC(CC(C3)C1)C2. The molecule has 5 nitrogen and oxygen atoms in total. The molecule has 4 fully saturated rings. The van der Waals surface area contributed by atoms with Gasteiger partial charge in [0.05, 0.1) is 7.11 Å². The van der Waals surface area contributed by atoms with E-state index in [1.807, 2.05) is 0 Å². The van der Waals surface area contributed by atoms with Crippen LogP contribution >= 0.6 is 0 Å². The number of hydrogen-bond acceptors (Lipinski definition) is 5. The Morgan fingerprint density at radius 2 is 1.52 bits per heavy atom. The van der Waals surface area contributed by atoms with Crippen molar-refractivity contribution in [3.05, 3.63) is 0 Å². The van der Waals surface area contributed by atoms with E-state index < -0.39 is 26.9 Å². The van der Waals surface area contributed by atoms with E-state index in [1.54, 1.807) is 0 Å². The van der Waals surface area contributed by atoms with Crippen molar-refractivity contribution in [3.8, 4) is 0 Å². The Labute approximate surface area is 122 Å². The van der Waals surface area contributed by atoms with Gasteiger partial charge in [0.25, 0.3) is 0 Å². The number of carbonyl (C=O) groups excluding carboxylic acids is 1. The summed E-state index contributed by atoms with van der Waals surface area (Å²) in [7, 11) is -4.69. The van der Waals surface area contributed by atoms with Crippen LogP contribution in [0.3, 0.4) is 0 Å². The summed E-state index contributed by atoms with van der Waals surface area (Å²) in [5, 5.41) is -4.66. The normalized spacial score (nSPS) is 38.5. The Kier molecular flexibility index (Phi) is 3.33. The molecule has 4 bridgehead atoms. The van der Waals surface area contributed by atoms with Crippen molar-refractivity contribution >= 4 is 16.1 Å². The van der Waals surface area contributed by atoms with Crippen LogP contribution in [0.25, 0.3) is 0 Å². The van der Waals surface area contributed by atoms with Crippen LogP contribution in [-0.4, -0.2) is 32.4 Å². The first-order valence-electron chi connectivity index (χ1n) is 7.09. The van der Waals surface area contributed by atoms with Gasteiger partial charge in [-0.15, -0.1) is 0 Å². The first-order chi connectivity index (χ1) is 9.67. The molecule has 4 rings (SSSR count). The Balaban J connectivity index is 1.79. The predicted octanol–water partition coefficient (Wildman–Crippen LogP) is 2.07. The first-order valence-corrected chi connectivity index (χ1v) is 8.50. The fourth-order valence-electron chi connectivity index (χ4n) is 4.62. The molecule has 0 heterocycles. The van der Waals surface area contributed by atoms with E-state index in [-0.39, 0.29) is 0 Å². The van der Waals surface area contributed by atoms with Gasteiger partial charge in [0.15, 0.2) is 0 Å². The van der Waals surface area contributed by atoms with Crippen molar-refractivity contribution < 1.29 is 30.9 Å². The topological polar surface area (TPSA) is 69.7 Å². The van der Waals surface area contributed by atoms with Crippen LogP contribution in [0.4, 0.5) is 8.78 Å². The van der Waals surface area contributed by atoms with Crippen molar-refractivity contribution in [1.82, 2.24) is 0 Å². The van der Waals surface area contributed by atoms with E-state index in [9.17, 15) is 22.0 Å². The van der Waals surface area contributed by atoms with Gasteiger partial charge in [-0.2, -0.15) is 17.2 Å². The van der Waals surface area contributed by atoms with Crippen molar-refractivity contribution in [2.45, 2.75) is 49.4 Å². The summed E-state index contributed by atoms with van der Waals surface area (Å²) in [5.74, 6) is -0.809. The zero-order chi connectivity index (χ0) is 15.5. The first kappa shape index (κ1) is 15.1. The fraction of sp³-hybridized carbons (Fsp3) is 0.923. The molecule has 4 saturated carbocycles. The van der Waals surface area contributed by atoms with E-state index in [0.29, 0.717) is 44.1 Å². The van der Waals surface area contributed by atoms with Gasteiger partial charge in [0.1, 0.15) is 5.60 Å². The van der Waals surface area contributed by atoms with Crippen LogP contribution in [0.2, 0.25) is 0 Å². The molecular weight excluding hydrogens is 306 g/mol. The molecule has 0 aromatic rings. The number of halogens is 2. The maximum Gasteiger partial charge on any atom is 0.466 e. The second kappa shape index (κ2) is 4.62. The van der Waals surface area contributed by atoms with Gasteiger partial charge in [-0.05, 0) is 56.3 Å². The summed E-state index contributed by atoms with van der Waals surface area (Å²) in [4.78, 5) is 11.7. The fourth-order valence-corrected chi connectivity index (χ4v) is 5.07.